The molecule has 0 radical (unpaired) electrons. The first-order chi connectivity index (χ1) is 9.13. The first-order valence-electron chi connectivity index (χ1n) is 6.76. The van der Waals surface area contributed by atoms with E-state index in [9.17, 15) is 9.59 Å². The number of anilines is 1. The van der Waals surface area contributed by atoms with Crippen LogP contribution in [0.25, 0.3) is 0 Å². The summed E-state index contributed by atoms with van der Waals surface area (Å²) in [6, 6.07) is 1.10. The quantitative estimate of drug-likeness (QED) is 0.781. The fourth-order valence-electron chi connectivity index (χ4n) is 3.06. The topological polar surface area (TPSA) is 58.4 Å². The Morgan fingerprint density at radius 3 is 2.79 bits per heavy atom. The second kappa shape index (κ2) is 4.36. The van der Waals surface area contributed by atoms with Crippen LogP contribution in [0.3, 0.4) is 0 Å². The van der Waals surface area contributed by atoms with Crippen LogP contribution >= 0.6 is 0 Å². The molecule has 1 aromatic heterocycles. The van der Waals surface area contributed by atoms with Crippen LogP contribution in [0.4, 0.5) is 5.82 Å². The second-order valence-electron chi connectivity index (χ2n) is 5.17. The number of piperazine rings is 1. The van der Waals surface area contributed by atoms with Crippen molar-refractivity contribution in [2.45, 2.75) is 38.3 Å². The highest BCUT2D eigenvalue weighted by Crippen LogP contribution is 2.30. The van der Waals surface area contributed by atoms with E-state index in [4.69, 9.17) is 0 Å². The molecule has 0 aliphatic carbocycles. The van der Waals surface area contributed by atoms with Gasteiger partial charge in [0.1, 0.15) is 12.1 Å². The molecule has 102 valence electrons. The monoisotopic (exact) mass is 262 g/mol. The Morgan fingerprint density at radius 1 is 1.37 bits per heavy atom. The van der Waals surface area contributed by atoms with Crippen LogP contribution in [-0.4, -0.2) is 45.1 Å². The lowest BCUT2D eigenvalue weighted by Gasteiger charge is -2.40. The van der Waals surface area contributed by atoms with E-state index in [2.05, 4.69) is 5.10 Å². The minimum absolute atomic E-state index is 0.0163. The van der Waals surface area contributed by atoms with Crippen molar-refractivity contribution in [1.29, 1.82) is 0 Å². The van der Waals surface area contributed by atoms with E-state index in [1.165, 1.54) is 0 Å². The smallest absolute Gasteiger partial charge is 0.251 e. The molecule has 19 heavy (non-hydrogen) atoms. The van der Waals surface area contributed by atoms with Gasteiger partial charge in [-0.1, -0.05) is 6.92 Å². The predicted octanol–water partition coefficient (Wildman–Crippen LogP) is 0.536. The van der Waals surface area contributed by atoms with E-state index in [0.29, 0.717) is 18.8 Å². The summed E-state index contributed by atoms with van der Waals surface area (Å²) in [5.41, 5.74) is 0. The first-order valence-corrected chi connectivity index (χ1v) is 6.76. The number of fused-ring (bicyclic) bond motifs is 1. The number of carbonyl (C=O) groups is 2. The highest BCUT2D eigenvalue weighted by Gasteiger charge is 2.48. The SMILES string of the molecule is CCC1C(=O)N2CCCC2C(=O)N1c1ccn(C)n1. The fourth-order valence-corrected chi connectivity index (χ4v) is 3.06. The molecule has 2 saturated heterocycles. The number of hydrogen-bond donors (Lipinski definition) is 0. The van der Waals surface area contributed by atoms with Crippen molar-refractivity contribution in [2.75, 3.05) is 11.4 Å². The maximum Gasteiger partial charge on any atom is 0.251 e. The number of aromatic nitrogens is 2. The maximum absolute atomic E-state index is 12.6. The Hall–Kier alpha value is -1.85. The van der Waals surface area contributed by atoms with Crippen molar-refractivity contribution in [3.05, 3.63) is 12.3 Å². The molecule has 0 saturated carbocycles. The summed E-state index contributed by atoms with van der Waals surface area (Å²) in [7, 11) is 1.81. The Morgan fingerprint density at radius 2 is 2.16 bits per heavy atom. The summed E-state index contributed by atoms with van der Waals surface area (Å²) in [5.74, 6) is 0.664. The Bertz CT molecular complexity index is 524. The highest BCUT2D eigenvalue weighted by molar-refractivity contribution is 6.08. The van der Waals surface area contributed by atoms with Gasteiger partial charge in [-0.05, 0) is 19.3 Å². The molecule has 2 atom stereocenters. The van der Waals surface area contributed by atoms with Gasteiger partial charge in [0, 0.05) is 25.9 Å². The van der Waals surface area contributed by atoms with Gasteiger partial charge >= 0.3 is 0 Å². The molecule has 6 nitrogen and oxygen atoms in total. The van der Waals surface area contributed by atoms with Crippen LogP contribution in [-0.2, 0) is 16.6 Å². The third-order valence-electron chi connectivity index (χ3n) is 3.99. The van der Waals surface area contributed by atoms with Crippen LogP contribution in [0, 0.1) is 0 Å². The maximum atomic E-state index is 12.6. The van der Waals surface area contributed by atoms with Crippen molar-refractivity contribution in [3.8, 4) is 0 Å². The zero-order valence-electron chi connectivity index (χ0n) is 11.2. The fraction of sp³-hybridized carbons (Fsp3) is 0.615. The largest absolute Gasteiger partial charge is 0.329 e. The van der Waals surface area contributed by atoms with Crippen LogP contribution in [0.5, 0.6) is 0 Å². The number of aryl methyl sites for hydroxylation is 1. The van der Waals surface area contributed by atoms with Gasteiger partial charge in [-0.25, -0.2) is 0 Å². The molecular formula is C13H18N4O2. The van der Waals surface area contributed by atoms with Crippen molar-refractivity contribution in [1.82, 2.24) is 14.7 Å². The summed E-state index contributed by atoms with van der Waals surface area (Å²) < 4.78 is 1.65. The molecule has 3 heterocycles. The molecule has 0 bridgehead atoms. The van der Waals surface area contributed by atoms with Crippen LogP contribution < -0.4 is 4.90 Å². The molecular weight excluding hydrogens is 244 g/mol. The van der Waals surface area contributed by atoms with Crippen molar-refractivity contribution in [2.24, 2.45) is 7.05 Å². The van der Waals surface area contributed by atoms with Gasteiger partial charge in [0.25, 0.3) is 5.91 Å². The van der Waals surface area contributed by atoms with E-state index in [-0.39, 0.29) is 17.9 Å². The lowest BCUT2D eigenvalue weighted by atomic mass is 10.0. The van der Waals surface area contributed by atoms with Crippen LogP contribution in [0.1, 0.15) is 26.2 Å². The molecule has 0 spiro atoms. The van der Waals surface area contributed by atoms with Gasteiger partial charge in [0.05, 0.1) is 0 Å². The number of amides is 2. The van der Waals surface area contributed by atoms with Gasteiger partial charge in [-0.2, -0.15) is 5.10 Å². The normalized spacial score (nSPS) is 27.1. The lowest BCUT2D eigenvalue weighted by molar-refractivity contribution is -0.144. The van der Waals surface area contributed by atoms with E-state index in [0.717, 1.165) is 12.8 Å². The highest BCUT2D eigenvalue weighted by atomic mass is 16.2. The van der Waals surface area contributed by atoms with Gasteiger partial charge in [-0.3, -0.25) is 19.2 Å². The molecule has 1 aromatic rings. The molecule has 2 aliphatic heterocycles. The zero-order valence-corrected chi connectivity index (χ0v) is 11.2. The molecule has 3 rings (SSSR count). The number of hydrogen-bond acceptors (Lipinski definition) is 3. The van der Waals surface area contributed by atoms with Gasteiger partial charge in [-0.15, -0.1) is 0 Å². The Labute approximate surface area is 112 Å². The zero-order chi connectivity index (χ0) is 13.6. The lowest BCUT2D eigenvalue weighted by Crippen LogP contribution is -2.63. The molecule has 6 heteroatoms. The van der Waals surface area contributed by atoms with Crippen molar-refractivity contribution in [3.63, 3.8) is 0 Å². The summed E-state index contributed by atoms with van der Waals surface area (Å²) in [6.07, 6.45) is 4.09. The minimum atomic E-state index is -0.406. The van der Waals surface area contributed by atoms with Gasteiger partial charge in [0.2, 0.25) is 5.91 Å². The van der Waals surface area contributed by atoms with E-state index in [1.807, 2.05) is 14.0 Å². The number of nitrogens with zero attached hydrogens (tertiary/aromatic N) is 4. The van der Waals surface area contributed by atoms with E-state index in [1.54, 1.807) is 26.7 Å². The average Bonchev–Trinajstić information content (AvgIpc) is 3.02. The standard InChI is InChI=1S/C13H18N4O2/c1-3-9-12(18)16-7-4-5-10(16)13(19)17(9)11-6-8-15(2)14-11/h6,8-10H,3-5,7H2,1-2H3. The first kappa shape index (κ1) is 12.2. The molecule has 0 aromatic carbocycles. The van der Waals surface area contributed by atoms with Crippen LogP contribution in [0.2, 0.25) is 0 Å². The third-order valence-corrected chi connectivity index (χ3v) is 3.99. The van der Waals surface area contributed by atoms with Crippen molar-refractivity contribution < 1.29 is 9.59 Å². The Balaban J connectivity index is 2.00. The van der Waals surface area contributed by atoms with Crippen molar-refractivity contribution >= 4 is 17.6 Å². The minimum Gasteiger partial charge on any atom is -0.329 e. The average molecular weight is 262 g/mol. The molecule has 2 aliphatic rings. The summed E-state index contributed by atoms with van der Waals surface area (Å²) in [5, 5.41) is 4.28. The summed E-state index contributed by atoms with van der Waals surface area (Å²) in [6.45, 7) is 2.64. The second-order valence-corrected chi connectivity index (χ2v) is 5.17. The molecule has 2 unspecified atom stereocenters. The van der Waals surface area contributed by atoms with Gasteiger partial charge in [0.15, 0.2) is 5.82 Å². The molecule has 2 fully saturated rings. The molecule has 0 N–H and O–H groups in total. The number of carbonyl (C=O) groups excluding carboxylic acids is 2. The number of rotatable bonds is 2. The van der Waals surface area contributed by atoms with Gasteiger partial charge < -0.3 is 4.90 Å². The summed E-state index contributed by atoms with van der Waals surface area (Å²) in [4.78, 5) is 28.4. The summed E-state index contributed by atoms with van der Waals surface area (Å²) >= 11 is 0. The predicted molar refractivity (Wildman–Crippen MR) is 69.5 cm³/mol. The Kier molecular flexibility index (Phi) is 2.80. The van der Waals surface area contributed by atoms with E-state index >= 15 is 0 Å². The van der Waals surface area contributed by atoms with Crippen LogP contribution in [0.15, 0.2) is 12.3 Å². The van der Waals surface area contributed by atoms with E-state index < -0.39 is 6.04 Å². The third kappa shape index (κ3) is 1.74. The molecule has 2 amide bonds.